The van der Waals surface area contributed by atoms with Gasteiger partial charge in [0, 0.05) is 5.41 Å². The monoisotopic (exact) mass is 670 g/mol. The van der Waals surface area contributed by atoms with Gasteiger partial charge in [-0.25, -0.2) is 0 Å². The number of fused-ring (bicyclic) bond motifs is 17. The molecule has 0 heteroatoms. The van der Waals surface area contributed by atoms with E-state index in [0.29, 0.717) is 0 Å². The van der Waals surface area contributed by atoms with Gasteiger partial charge in [0.2, 0.25) is 0 Å². The van der Waals surface area contributed by atoms with Crippen LogP contribution in [0.25, 0.3) is 108 Å². The van der Waals surface area contributed by atoms with Gasteiger partial charge >= 0.3 is 0 Å². The normalized spacial score (nSPS) is 13.6. The fraction of sp³-hybridized carbons (Fsp3) is 0.0566. The van der Waals surface area contributed by atoms with E-state index in [9.17, 15) is 0 Å². The Morgan fingerprint density at radius 1 is 0.283 bits per heavy atom. The second-order valence-electron chi connectivity index (χ2n) is 15.6. The van der Waals surface area contributed by atoms with Crippen LogP contribution in [-0.4, -0.2) is 0 Å². The maximum absolute atomic E-state index is 2.54. The first-order valence-corrected chi connectivity index (χ1v) is 18.8. The molecule has 0 saturated carbocycles. The molecule has 0 bridgehead atoms. The summed E-state index contributed by atoms with van der Waals surface area (Å²) in [5.41, 5.74) is 7.96. The van der Waals surface area contributed by atoms with Crippen LogP contribution in [0.2, 0.25) is 0 Å². The highest BCUT2D eigenvalue weighted by atomic mass is 14.4. The lowest BCUT2D eigenvalue weighted by atomic mass is 9.80. The minimum atomic E-state index is -0.153. The van der Waals surface area contributed by atoms with E-state index in [1.165, 1.54) is 120 Å². The van der Waals surface area contributed by atoms with Crippen molar-refractivity contribution in [3.8, 4) is 22.3 Å². The molecule has 0 radical (unpaired) electrons. The Hall–Kier alpha value is -6.50. The first-order chi connectivity index (χ1) is 26.0. The lowest BCUT2D eigenvalue weighted by molar-refractivity contribution is 0.662. The predicted octanol–water partition coefficient (Wildman–Crippen LogP) is 14.9. The first-order valence-electron chi connectivity index (χ1n) is 18.8. The number of hydrogen-bond donors (Lipinski definition) is 0. The molecule has 0 unspecified atom stereocenters. The number of benzene rings is 11. The zero-order chi connectivity index (χ0) is 35.0. The largest absolute Gasteiger partial charge is 0.0616 e. The molecule has 12 rings (SSSR count). The molecule has 246 valence electrons. The summed E-state index contributed by atoms with van der Waals surface area (Å²) >= 11 is 0. The Morgan fingerprint density at radius 2 is 0.623 bits per heavy atom. The summed E-state index contributed by atoms with van der Waals surface area (Å²) in [6.45, 7) is 4.84. The van der Waals surface area contributed by atoms with Crippen molar-refractivity contribution in [3.05, 3.63) is 181 Å². The predicted molar refractivity (Wildman–Crippen MR) is 229 cm³/mol. The molecule has 11 aromatic carbocycles. The van der Waals surface area contributed by atoms with Crippen LogP contribution in [0.1, 0.15) is 25.0 Å². The minimum absolute atomic E-state index is 0.153. The van der Waals surface area contributed by atoms with E-state index in [4.69, 9.17) is 0 Å². The smallest absolute Gasteiger partial charge is 0.0159 e. The van der Waals surface area contributed by atoms with Gasteiger partial charge in [0.25, 0.3) is 0 Å². The summed E-state index contributed by atoms with van der Waals surface area (Å²) in [6.07, 6.45) is 0. The molecule has 0 aliphatic heterocycles. The molecule has 0 aromatic heterocycles. The highest BCUT2D eigenvalue weighted by Gasteiger charge is 2.37. The van der Waals surface area contributed by atoms with Crippen LogP contribution in [0.4, 0.5) is 0 Å². The minimum Gasteiger partial charge on any atom is -0.0616 e. The molecule has 0 N–H and O–H groups in total. The average molecular weight is 671 g/mol. The zero-order valence-electron chi connectivity index (χ0n) is 29.7. The molecule has 0 fully saturated rings. The third-order valence-electron chi connectivity index (χ3n) is 12.6. The third kappa shape index (κ3) is 3.85. The second kappa shape index (κ2) is 10.3. The summed E-state index contributed by atoms with van der Waals surface area (Å²) in [6, 6.07) is 64.2. The van der Waals surface area contributed by atoms with Crippen molar-refractivity contribution >= 4 is 86.2 Å². The van der Waals surface area contributed by atoms with Crippen LogP contribution in [0, 0.1) is 0 Å². The summed E-state index contributed by atoms with van der Waals surface area (Å²) < 4.78 is 0. The molecule has 1 aliphatic carbocycles. The maximum atomic E-state index is 2.54. The van der Waals surface area contributed by atoms with Gasteiger partial charge in [0.05, 0.1) is 0 Å². The van der Waals surface area contributed by atoms with Crippen molar-refractivity contribution in [3.63, 3.8) is 0 Å². The standard InChI is InChI=1S/C53H34/c1-53(2)50-29-46-39-20-10-8-18-37(39)36-17-7-9-19-38(36)44(46)27-48(50)49-28-45-41-22-12-11-21-40(41)43-26-33(23-24-42(43)47(45)30-51(49)53)52-34-15-5-3-13-31(34)25-32-14-4-6-16-35(32)52/h3-30H,1-2H3. The highest BCUT2D eigenvalue weighted by molar-refractivity contribution is 6.29. The molecule has 0 heterocycles. The lowest BCUT2D eigenvalue weighted by Crippen LogP contribution is -2.15. The molecule has 0 spiro atoms. The Bertz CT molecular complexity index is 3360. The molecule has 0 atom stereocenters. The van der Waals surface area contributed by atoms with Crippen LogP contribution in [0.3, 0.4) is 0 Å². The molecule has 0 nitrogen and oxygen atoms in total. The van der Waals surface area contributed by atoms with Gasteiger partial charge in [-0.1, -0.05) is 147 Å². The maximum Gasteiger partial charge on any atom is 0.0159 e. The molecule has 11 aromatic rings. The fourth-order valence-electron chi connectivity index (χ4n) is 10.1. The lowest BCUT2D eigenvalue weighted by Gasteiger charge is -2.23. The van der Waals surface area contributed by atoms with E-state index < -0.39 is 0 Å². The van der Waals surface area contributed by atoms with E-state index >= 15 is 0 Å². The van der Waals surface area contributed by atoms with Crippen molar-refractivity contribution in [1.82, 2.24) is 0 Å². The van der Waals surface area contributed by atoms with Crippen LogP contribution in [0.5, 0.6) is 0 Å². The molecule has 0 saturated heterocycles. The Labute approximate surface area is 307 Å². The zero-order valence-corrected chi connectivity index (χ0v) is 29.7. The van der Waals surface area contributed by atoms with Gasteiger partial charge in [0.1, 0.15) is 0 Å². The van der Waals surface area contributed by atoms with E-state index in [1.54, 1.807) is 0 Å². The quantitative estimate of drug-likeness (QED) is 0.120. The van der Waals surface area contributed by atoms with Crippen molar-refractivity contribution in [2.75, 3.05) is 0 Å². The van der Waals surface area contributed by atoms with Crippen molar-refractivity contribution in [2.45, 2.75) is 19.3 Å². The van der Waals surface area contributed by atoms with E-state index in [2.05, 4.69) is 184 Å². The third-order valence-corrected chi connectivity index (χ3v) is 12.6. The number of hydrogen-bond acceptors (Lipinski definition) is 0. The average Bonchev–Trinajstić information content (AvgIpc) is 3.43. The van der Waals surface area contributed by atoms with Gasteiger partial charge in [-0.3, -0.25) is 0 Å². The van der Waals surface area contributed by atoms with E-state index in [0.717, 1.165) is 0 Å². The van der Waals surface area contributed by atoms with Crippen molar-refractivity contribution in [2.24, 2.45) is 0 Å². The Kier molecular flexibility index (Phi) is 5.66. The molecule has 1 aliphatic rings. The Balaban J connectivity index is 1.16. The number of rotatable bonds is 1. The second-order valence-corrected chi connectivity index (χ2v) is 15.6. The van der Waals surface area contributed by atoms with Crippen LogP contribution < -0.4 is 0 Å². The van der Waals surface area contributed by atoms with Crippen molar-refractivity contribution < 1.29 is 0 Å². The SMILES string of the molecule is CC1(C)c2cc3c4ccccc4c4ccccc4c3cc2-c2cc3c4ccccc4c4cc(-c5c6ccccc6cc6ccccc56)ccc4c3cc21. The van der Waals surface area contributed by atoms with Gasteiger partial charge in [-0.2, -0.15) is 0 Å². The highest BCUT2D eigenvalue weighted by Crippen LogP contribution is 2.54. The molecular weight excluding hydrogens is 637 g/mol. The summed E-state index contributed by atoms with van der Waals surface area (Å²) in [4.78, 5) is 0. The summed E-state index contributed by atoms with van der Waals surface area (Å²) in [5, 5.41) is 21.0. The summed E-state index contributed by atoms with van der Waals surface area (Å²) in [5.74, 6) is 0. The van der Waals surface area contributed by atoms with Gasteiger partial charge in [0.15, 0.2) is 0 Å². The van der Waals surface area contributed by atoms with Gasteiger partial charge < -0.3 is 0 Å². The van der Waals surface area contributed by atoms with Crippen LogP contribution in [0.15, 0.2) is 170 Å². The molecular formula is C53H34. The van der Waals surface area contributed by atoms with E-state index in [-0.39, 0.29) is 5.41 Å². The Morgan fingerprint density at radius 3 is 1.08 bits per heavy atom. The topological polar surface area (TPSA) is 0 Å². The van der Waals surface area contributed by atoms with E-state index in [1.807, 2.05) is 0 Å². The molecule has 53 heavy (non-hydrogen) atoms. The van der Waals surface area contributed by atoms with Crippen molar-refractivity contribution in [1.29, 1.82) is 0 Å². The van der Waals surface area contributed by atoms with Gasteiger partial charge in [-0.05, 0) is 156 Å². The van der Waals surface area contributed by atoms with Crippen LogP contribution >= 0.6 is 0 Å². The van der Waals surface area contributed by atoms with Gasteiger partial charge in [-0.15, -0.1) is 0 Å². The molecule has 0 amide bonds. The first kappa shape index (κ1) is 29.1. The van der Waals surface area contributed by atoms with Crippen LogP contribution in [-0.2, 0) is 5.41 Å². The fourth-order valence-corrected chi connectivity index (χ4v) is 10.1. The summed E-state index contributed by atoms with van der Waals surface area (Å²) in [7, 11) is 0.